The van der Waals surface area contributed by atoms with Crippen LogP contribution in [-0.4, -0.2) is 62.2 Å². The maximum absolute atomic E-state index is 13.0. The molecule has 148 valence electrons. The third-order valence-electron chi connectivity index (χ3n) is 5.43. The predicted octanol–water partition coefficient (Wildman–Crippen LogP) is 2.87. The molecule has 7 nitrogen and oxygen atoms in total. The molecule has 7 heteroatoms. The second-order valence-electron chi connectivity index (χ2n) is 7.02. The van der Waals surface area contributed by atoms with Gasteiger partial charge >= 0.3 is 0 Å². The Morgan fingerprint density at radius 2 is 1.39 bits per heavy atom. The summed E-state index contributed by atoms with van der Waals surface area (Å²) in [5, 5.41) is 2.05. The van der Waals surface area contributed by atoms with Gasteiger partial charge in [0.1, 0.15) is 11.5 Å². The van der Waals surface area contributed by atoms with Gasteiger partial charge in [-0.1, -0.05) is 6.42 Å². The molecule has 0 N–H and O–H groups in total. The molecule has 0 radical (unpaired) electrons. The van der Waals surface area contributed by atoms with Crippen molar-refractivity contribution in [2.24, 2.45) is 0 Å². The van der Waals surface area contributed by atoms with Crippen LogP contribution in [0.5, 0.6) is 11.5 Å². The number of carbonyl (C=O) groups excluding carboxylic acids is 2. The van der Waals surface area contributed by atoms with Crippen molar-refractivity contribution in [1.29, 1.82) is 0 Å². The van der Waals surface area contributed by atoms with Crippen LogP contribution in [0.15, 0.2) is 24.3 Å². The number of carbonyl (C=O) groups is 2. The van der Waals surface area contributed by atoms with Crippen LogP contribution in [0.4, 0.5) is 0 Å². The Kier molecular flexibility index (Phi) is 5.19. The number of benzene rings is 2. The smallest absolute Gasteiger partial charge is 0.285 e. The standard InChI is InChI=1S/C21H24N2O5/c1-26-16-8-6-14-18-15(7-9-17(27-2)19(16)18)21(25)23(20(14)24)28-13-12-22-10-4-3-5-11-22/h6-9H,3-5,10-13H2,1-2H3. The summed E-state index contributed by atoms with van der Waals surface area (Å²) < 4.78 is 10.8. The molecule has 0 aromatic heterocycles. The van der Waals surface area contributed by atoms with Gasteiger partial charge in [0, 0.05) is 11.9 Å². The lowest BCUT2D eigenvalue weighted by atomic mass is 9.94. The van der Waals surface area contributed by atoms with Crippen LogP contribution < -0.4 is 9.47 Å². The molecule has 2 amide bonds. The van der Waals surface area contributed by atoms with E-state index in [2.05, 4.69) is 4.90 Å². The summed E-state index contributed by atoms with van der Waals surface area (Å²) in [6.07, 6.45) is 3.62. The van der Waals surface area contributed by atoms with Crippen molar-refractivity contribution in [3.63, 3.8) is 0 Å². The fourth-order valence-corrected chi connectivity index (χ4v) is 4.00. The summed E-state index contributed by atoms with van der Waals surface area (Å²) in [6, 6.07) is 6.76. The minimum Gasteiger partial charge on any atom is -0.496 e. The zero-order valence-electron chi connectivity index (χ0n) is 16.2. The molecule has 0 unspecified atom stereocenters. The van der Waals surface area contributed by atoms with Gasteiger partial charge in [0.15, 0.2) is 0 Å². The van der Waals surface area contributed by atoms with Gasteiger partial charge in [-0.2, -0.15) is 0 Å². The molecule has 1 fully saturated rings. The molecule has 28 heavy (non-hydrogen) atoms. The predicted molar refractivity (Wildman–Crippen MR) is 104 cm³/mol. The molecular weight excluding hydrogens is 360 g/mol. The van der Waals surface area contributed by atoms with Crippen molar-refractivity contribution in [2.45, 2.75) is 19.3 Å². The lowest BCUT2D eigenvalue weighted by molar-refractivity contribution is -0.0999. The van der Waals surface area contributed by atoms with Crippen molar-refractivity contribution in [1.82, 2.24) is 9.96 Å². The van der Waals surface area contributed by atoms with Crippen LogP contribution in [0.25, 0.3) is 10.8 Å². The van der Waals surface area contributed by atoms with Crippen molar-refractivity contribution in [2.75, 3.05) is 40.5 Å². The van der Waals surface area contributed by atoms with E-state index in [4.69, 9.17) is 14.3 Å². The number of hydroxylamine groups is 2. The Bertz CT molecular complexity index is 862. The second-order valence-corrected chi connectivity index (χ2v) is 7.02. The van der Waals surface area contributed by atoms with Crippen molar-refractivity contribution in [3.05, 3.63) is 35.4 Å². The summed E-state index contributed by atoms with van der Waals surface area (Å²) >= 11 is 0. The molecule has 0 bridgehead atoms. The normalized spacial score (nSPS) is 17.3. The molecule has 2 aliphatic heterocycles. The molecule has 1 saturated heterocycles. The van der Waals surface area contributed by atoms with Crippen LogP contribution in [-0.2, 0) is 4.84 Å². The Morgan fingerprint density at radius 3 is 1.93 bits per heavy atom. The second kappa shape index (κ2) is 7.77. The van der Waals surface area contributed by atoms with E-state index in [9.17, 15) is 9.59 Å². The summed E-state index contributed by atoms with van der Waals surface area (Å²) in [6.45, 7) is 3.06. The highest BCUT2D eigenvalue weighted by Crippen LogP contribution is 2.40. The van der Waals surface area contributed by atoms with E-state index in [1.165, 1.54) is 19.3 Å². The van der Waals surface area contributed by atoms with E-state index < -0.39 is 11.8 Å². The van der Waals surface area contributed by atoms with Gasteiger partial charge in [-0.3, -0.25) is 14.4 Å². The minimum atomic E-state index is -0.461. The van der Waals surface area contributed by atoms with E-state index in [1.54, 1.807) is 38.5 Å². The summed E-state index contributed by atoms with van der Waals surface area (Å²) in [5.41, 5.74) is 0.810. The number of imide groups is 1. The first-order chi connectivity index (χ1) is 13.7. The average molecular weight is 384 g/mol. The molecule has 2 heterocycles. The Hall–Kier alpha value is -2.64. The molecule has 2 aromatic rings. The van der Waals surface area contributed by atoms with Crippen molar-refractivity contribution in [3.8, 4) is 11.5 Å². The van der Waals surface area contributed by atoms with E-state index >= 15 is 0 Å². The highest BCUT2D eigenvalue weighted by atomic mass is 16.7. The monoisotopic (exact) mass is 384 g/mol. The summed E-state index contributed by atoms with van der Waals surface area (Å²) in [7, 11) is 3.10. The molecule has 2 aromatic carbocycles. The maximum Gasteiger partial charge on any atom is 0.285 e. The number of hydrogen-bond acceptors (Lipinski definition) is 6. The number of nitrogens with zero attached hydrogens (tertiary/aromatic N) is 2. The van der Waals surface area contributed by atoms with Crippen LogP contribution in [0.3, 0.4) is 0 Å². The van der Waals surface area contributed by atoms with Crippen molar-refractivity contribution >= 4 is 22.6 Å². The number of likely N-dealkylation sites (tertiary alicyclic amines) is 1. The fraction of sp³-hybridized carbons (Fsp3) is 0.429. The SMILES string of the molecule is COc1ccc2c3c(ccc(OC)c13)C(=O)N(OCCN1CCCCC1)C2=O. The van der Waals surface area contributed by atoms with E-state index in [-0.39, 0.29) is 0 Å². The first-order valence-electron chi connectivity index (χ1n) is 9.57. The molecule has 0 saturated carbocycles. The zero-order chi connectivity index (χ0) is 19.7. The zero-order valence-corrected chi connectivity index (χ0v) is 16.2. The minimum absolute atomic E-state index is 0.294. The topological polar surface area (TPSA) is 68.3 Å². The number of piperidine rings is 1. The third kappa shape index (κ3) is 3.10. The lowest BCUT2D eigenvalue weighted by Gasteiger charge is -2.29. The summed E-state index contributed by atoms with van der Waals surface area (Å²) in [5.74, 6) is 0.184. The number of rotatable bonds is 6. The lowest BCUT2D eigenvalue weighted by Crippen LogP contribution is -2.42. The fourth-order valence-electron chi connectivity index (χ4n) is 4.00. The van der Waals surface area contributed by atoms with Gasteiger partial charge in [0.2, 0.25) is 0 Å². The van der Waals surface area contributed by atoms with Crippen molar-refractivity contribution < 1.29 is 23.9 Å². The Morgan fingerprint density at radius 1 is 0.821 bits per heavy atom. The Balaban J connectivity index is 1.63. The first kappa shape index (κ1) is 18.7. The van der Waals surface area contributed by atoms with Crippen LogP contribution in [0.2, 0.25) is 0 Å². The number of hydrogen-bond donors (Lipinski definition) is 0. The van der Waals surface area contributed by atoms with E-state index in [1.807, 2.05) is 0 Å². The van der Waals surface area contributed by atoms with Gasteiger partial charge in [-0.05, 0) is 50.2 Å². The largest absolute Gasteiger partial charge is 0.496 e. The van der Waals surface area contributed by atoms with Gasteiger partial charge in [-0.15, -0.1) is 5.06 Å². The van der Waals surface area contributed by atoms with Crippen LogP contribution >= 0.6 is 0 Å². The number of methoxy groups -OCH3 is 2. The maximum atomic E-state index is 13.0. The highest BCUT2D eigenvalue weighted by molar-refractivity contribution is 6.26. The summed E-state index contributed by atoms with van der Waals surface area (Å²) in [4.78, 5) is 33.9. The molecule has 0 atom stereocenters. The van der Waals surface area contributed by atoms with Gasteiger partial charge in [0.05, 0.1) is 37.3 Å². The van der Waals surface area contributed by atoms with Crippen LogP contribution in [0, 0.1) is 0 Å². The molecular formula is C21H24N2O5. The molecule has 0 spiro atoms. The number of amides is 2. The molecule has 4 rings (SSSR count). The molecule has 2 aliphatic rings. The quantitative estimate of drug-likeness (QED) is 0.714. The number of ether oxygens (including phenoxy) is 2. The van der Waals surface area contributed by atoms with E-state index in [0.29, 0.717) is 46.6 Å². The average Bonchev–Trinajstić information content (AvgIpc) is 2.74. The first-order valence-corrected chi connectivity index (χ1v) is 9.57. The van der Waals surface area contributed by atoms with Gasteiger partial charge < -0.3 is 14.4 Å². The van der Waals surface area contributed by atoms with Gasteiger partial charge in [-0.25, -0.2) is 0 Å². The Labute approximate surface area is 163 Å². The highest BCUT2D eigenvalue weighted by Gasteiger charge is 2.35. The third-order valence-corrected chi connectivity index (χ3v) is 5.43. The van der Waals surface area contributed by atoms with E-state index in [0.717, 1.165) is 18.2 Å². The molecule has 0 aliphatic carbocycles. The van der Waals surface area contributed by atoms with Gasteiger partial charge in [0.25, 0.3) is 11.8 Å². The van der Waals surface area contributed by atoms with Crippen LogP contribution in [0.1, 0.15) is 40.0 Å².